The molecule has 0 aromatic heterocycles. The van der Waals surface area contributed by atoms with Crippen LogP contribution in [0.25, 0.3) is 0 Å². The van der Waals surface area contributed by atoms with E-state index < -0.39 is 35.4 Å². The summed E-state index contributed by atoms with van der Waals surface area (Å²) in [5, 5.41) is 13.5. The number of nitrogens with one attached hydrogen (secondary N) is 1. The SMILES string of the molecule is CN[C@]1(C#N)[C@@H](COC(c2ccccc2)(c2ccccc2)c2ccccc2)O[C@@H]2OC(C)(C)O[C@@H]21. The summed E-state index contributed by atoms with van der Waals surface area (Å²) < 4.78 is 25.2. The first-order valence-electron chi connectivity index (χ1n) is 11.9. The van der Waals surface area contributed by atoms with E-state index in [4.69, 9.17) is 18.9 Å². The first-order valence-corrected chi connectivity index (χ1v) is 11.9. The quantitative estimate of drug-likeness (QED) is 0.518. The number of fused-ring (bicyclic) bond motifs is 1. The van der Waals surface area contributed by atoms with Crippen molar-refractivity contribution in [3.05, 3.63) is 108 Å². The van der Waals surface area contributed by atoms with Gasteiger partial charge < -0.3 is 18.9 Å². The number of ether oxygens (including phenoxy) is 4. The maximum atomic E-state index is 10.3. The lowest BCUT2D eigenvalue weighted by Crippen LogP contribution is -2.59. The van der Waals surface area contributed by atoms with E-state index in [-0.39, 0.29) is 6.61 Å². The number of nitriles is 1. The van der Waals surface area contributed by atoms with Crippen LogP contribution in [0.1, 0.15) is 30.5 Å². The van der Waals surface area contributed by atoms with Gasteiger partial charge in [-0.1, -0.05) is 91.0 Å². The third-order valence-electron chi connectivity index (χ3n) is 6.90. The minimum Gasteiger partial charge on any atom is -0.358 e. The van der Waals surface area contributed by atoms with Gasteiger partial charge in [-0.05, 0) is 37.6 Å². The molecule has 180 valence electrons. The Hall–Kier alpha value is -3.05. The molecule has 5 rings (SSSR count). The van der Waals surface area contributed by atoms with Crippen molar-refractivity contribution in [3.63, 3.8) is 0 Å². The molecule has 0 aliphatic carbocycles. The molecular weight excluding hydrogens is 440 g/mol. The normalized spacial score (nSPS) is 27.3. The van der Waals surface area contributed by atoms with Crippen LogP contribution in [0, 0.1) is 11.3 Å². The van der Waals surface area contributed by atoms with E-state index in [1.165, 1.54) is 0 Å². The van der Waals surface area contributed by atoms with Crippen LogP contribution in [0.3, 0.4) is 0 Å². The largest absolute Gasteiger partial charge is 0.358 e. The van der Waals surface area contributed by atoms with Crippen molar-refractivity contribution in [2.45, 2.75) is 49.3 Å². The van der Waals surface area contributed by atoms with Gasteiger partial charge in [-0.2, -0.15) is 5.26 Å². The summed E-state index contributed by atoms with van der Waals surface area (Å²) in [7, 11) is 1.75. The van der Waals surface area contributed by atoms with Gasteiger partial charge >= 0.3 is 0 Å². The number of benzene rings is 3. The fourth-order valence-corrected chi connectivity index (χ4v) is 5.22. The number of likely N-dealkylation sites (N-methyl/N-ethyl adjacent to an activating group) is 1. The first kappa shape index (κ1) is 23.7. The Morgan fingerprint density at radius 2 is 1.34 bits per heavy atom. The van der Waals surface area contributed by atoms with Crippen molar-refractivity contribution < 1.29 is 18.9 Å². The number of hydrogen-bond acceptors (Lipinski definition) is 6. The smallest absolute Gasteiger partial charge is 0.190 e. The van der Waals surface area contributed by atoms with Crippen LogP contribution in [0.5, 0.6) is 0 Å². The Kier molecular flexibility index (Phi) is 6.22. The minimum atomic E-state index is -1.13. The molecule has 0 saturated carbocycles. The molecule has 0 unspecified atom stereocenters. The third kappa shape index (κ3) is 3.96. The molecule has 0 amide bonds. The van der Waals surface area contributed by atoms with Crippen molar-refractivity contribution >= 4 is 0 Å². The zero-order chi connectivity index (χ0) is 24.5. The van der Waals surface area contributed by atoms with Crippen LogP contribution in [0.15, 0.2) is 91.0 Å². The van der Waals surface area contributed by atoms with Gasteiger partial charge in [0, 0.05) is 0 Å². The molecular formula is C29H30N2O4. The Bertz CT molecular complexity index is 1080. The second kappa shape index (κ2) is 9.19. The first-order chi connectivity index (χ1) is 16.9. The lowest BCUT2D eigenvalue weighted by molar-refractivity contribution is -0.218. The standard InChI is InChI=1S/C29H30N2O4/c1-27(2)34-25-26(35-27)33-24(28(25,20-30)31-3)19-32-29(21-13-7-4-8-14-21,22-15-9-5-10-16-22)23-17-11-6-12-18-23/h4-18,24-26,31H,19H2,1-3H3/t24-,25+,26-,28-/m1/s1. The van der Waals surface area contributed by atoms with Crippen molar-refractivity contribution in [3.8, 4) is 6.07 Å². The number of nitrogens with zero attached hydrogens (tertiary/aromatic N) is 1. The maximum absolute atomic E-state index is 10.3. The van der Waals surface area contributed by atoms with Crippen molar-refractivity contribution in [1.82, 2.24) is 5.32 Å². The highest BCUT2D eigenvalue weighted by molar-refractivity contribution is 5.47. The lowest BCUT2D eigenvalue weighted by atomic mass is 9.80. The van der Waals surface area contributed by atoms with Gasteiger partial charge in [-0.3, -0.25) is 5.32 Å². The molecule has 2 heterocycles. The average Bonchev–Trinajstić information content (AvgIpc) is 3.35. The van der Waals surface area contributed by atoms with E-state index in [0.717, 1.165) is 16.7 Å². The Morgan fingerprint density at radius 3 is 1.77 bits per heavy atom. The fraction of sp³-hybridized carbons (Fsp3) is 0.345. The van der Waals surface area contributed by atoms with Gasteiger partial charge in [0.2, 0.25) is 0 Å². The fourth-order valence-electron chi connectivity index (χ4n) is 5.22. The maximum Gasteiger partial charge on any atom is 0.190 e. The van der Waals surface area contributed by atoms with Crippen LogP contribution in [0.4, 0.5) is 0 Å². The van der Waals surface area contributed by atoms with Crippen molar-refractivity contribution in [2.75, 3.05) is 13.7 Å². The molecule has 2 saturated heterocycles. The summed E-state index contributed by atoms with van der Waals surface area (Å²) in [6.07, 6.45) is -1.87. The Morgan fingerprint density at radius 1 is 0.857 bits per heavy atom. The Balaban J connectivity index is 1.57. The molecule has 3 aromatic carbocycles. The van der Waals surface area contributed by atoms with Gasteiger partial charge in [0.05, 0.1) is 12.7 Å². The third-order valence-corrected chi connectivity index (χ3v) is 6.90. The molecule has 0 radical (unpaired) electrons. The van der Waals surface area contributed by atoms with Crippen molar-refractivity contribution in [2.24, 2.45) is 0 Å². The van der Waals surface area contributed by atoms with Gasteiger partial charge in [-0.15, -0.1) is 0 Å². The summed E-state index contributed by atoms with van der Waals surface area (Å²) in [5.41, 5.74) is 0.901. The second-order valence-corrected chi connectivity index (χ2v) is 9.37. The van der Waals surface area contributed by atoms with Crippen LogP contribution in [-0.2, 0) is 24.5 Å². The summed E-state index contributed by atoms with van der Waals surface area (Å²) in [6, 6.07) is 32.8. The van der Waals surface area contributed by atoms with Gasteiger partial charge in [0.25, 0.3) is 0 Å². The number of hydrogen-bond donors (Lipinski definition) is 1. The van der Waals surface area contributed by atoms with E-state index >= 15 is 0 Å². The zero-order valence-electron chi connectivity index (χ0n) is 20.2. The lowest BCUT2D eigenvalue weighted by Gasteiger charge is -2.38. The van der Waals surface area contributed by atoms with E-state index in [0.29, 0.717) is 0 Å². The molecule has 2 fully saturated rings. The molecule has 0 bridgehead atoms. The topological polar surface area (TPSA) is 72.7 Å². The molecule has 2 aliphatic rings. The Labute approximate surface area is 206 Å². The van der Waals surface area contributed by atoms with E-state index in [1.54, 1.807) is 7.05 Å². The molecule has 6 heteroatoms. The predicted octanol–water partition coefficient (Wildman–Crippen LogP) is 4.35. The molecule has 35 heavy (non-hydrogen) atoms. The van der Waals surface area contributed by atoms with Crippen molar-refractivity contribution in [1.29, 1.82) is 5.26 Å². The molecule has 3 aromatic rings. The number of rotatable bonds is 7. The van der Waals surface area contributed by atoms with E-state index in [2.05, 4.69) is 47.8 Å². The van der Waals surface area contributed by atoms with Gasteiger partial charge in [0.15, 0.2) is 17.6 Å². The summed E-state index contributed by atoms with van der Waals surface area (Å²) in [6.45, 7) is 3.78. The van der Waals surface area contributed by atoms with Crippen LogP contribution in [-0.4, -0.2) is 43.5 Å². The molecule has 0 spiro atoms. The molecule has 6 nitrogen and oxygen atoms in total. The van der Waals surface area contributed by atoms with Crippen LogP contribution >= 0.6 is 0 Å². The zero-order valence-corrected chi connectivity index (χ0v) is 20.2. The highest BCUT2D eigenvalue weighted by atomic mass is 16.8. The average molecular weight is 471 g/mol. The molecule has 2 aliphatic heterocycles. The van der Waals surface area contributed by atoms with Gasteiger partial charge in [0.1, 0.15) is 17.8 Å². The minimum absolute atomic E-state index is 0.132. The molecule has 4 atom stereocenters. The highest BCUT2D eigenvalue weighted by Gasteiger charge is 2.64. The second-order valence-electron chi connectivity index (χ2n) is 9.37. The highest BCUT2D eigenvalue weighted by Crippen LogP contribution is 2.45. The van der Waals surface area contributed by atoms with E-state index in [9.17, 15) is 5.26 Å². The van der Waals surface area contributed by atoms with Crippen LogP contribution < -0.4 is 5.32 Å². The summed E-state index contributed by atoms with van der Waals surface area (Å²) in [4.78, 5) is 0. The van der Waals surface area contributed by atoms with E-state index in [1.807, 2.05) is 68.4 Å². The predicted molar refractivity (Wildman–Crippen MR) is 131 cm³/mol. The van der Waals surface area contributed by atoms with Gasteiger partial charge in [-0.25, -0.2) is 0 Å². The summed E-state index contributed by atoms with van der Waals surface area (Å²) >= 11 is 0. The molecule has 1 N–H and O–H groups in total. The summed E-state index contributed by atoms with van der Waals surface area (Å²) in [5.74, 6) is -0.831. The van der Waals surface area contributed by atoms with Crippen LogP contribution in [0.2, 0.25) is 0 Å². The monoisotopic (exact) mass is 470 g/mol.